The summed E-state index contributed by atoms with van der Waals surface area (Å²) in [6, 6.07) is 8.30. The molecule has 0 unspecified atom stereocenters. The van der Waals surface area contributed by atoms with E-state index in [9.17, 15) is 29.8 Å². The van der Waals surface area contributed by atoms with E-state index in [2.05, 4.69) is 21.1 Å². The molecular formula is C20H20N6O8. The molecule has 0 aliphatic rings. The third-order valence-corrected chi connectivity index (χ3v) is 4.18. The third-order valence-electron chi connectivity index (χ3n) is 4.18. The van der Waals surface area contributed by atoms with Crippen LogP contribution in [0.3, 0.4) is 0 Å². The van der Waals surface area contributed by atoms with Crippen molar-refractivity contribution in [3.8, 4) is 11.5 Å². The minimum atomic E-state index is -0.605. The zero-order valence-electron chi connectivity index (χ0n) is 18.1. The van der Waals surface area contributed by atoms with Gasteiger partial charge in [0, 0.05) is 36.1 Å². The molecule has 14 heteroatoms. The number of hydrazone groups is 2. The molecule has 2 aromatic carbocycles. The molecule has 0 saturated heterocycles. The second-order valence-corrected chi connectivity index (χ2v) is 6.46. The molecule has 178 valence electrons. The molecule has 2 N–H and O–H groups in total. The van der Waals surface area contributed by atoms with Gasteiger partial charge in [-0.05, 0) is 24.3 Å². The van der Waals surface area contributed by atoms with E-state index in [-0.39, 0.29) is 35.7 Å². The van der Waals surface area contributed by atoms with Gasteiger partial charge in [-0.2, -0.15) is 10.2 Å². The van der Waals surface area contributed by atoms with Gasteiger partial charge < -0.3 is 9.47 Å². The average molecular weight is 472 g/mol. The molecule has 0 atom stereocenters. The second kappa shape index (κ2) is 12.2. The Balaban J connectivity index is 1.82. The van der Waals surface area contributed by atoms with Crippen molar-refractivity contribution in [1.82, 2.24) is 10.9 Å². The van der Waals surface area contributed by atoms with Crippen LogP contribution in [0.5, 0.6) is 11.5 Å². The molecular weight excluding hydrogens is 452 g/mol. The summed E-state index contributed by atoms with van der Waals surface area (Å²) < 4.78 is 9.80. The monoisotopic (exact) mass is 472 g/mol. The lowest BCUT2D eigenvalue weighted by Gasteiger charge is -2.03. The SMILES string of the molecule is COc1ccc(/C=N\NC(=O)CCC(=O)N/N=C\c2ccc(OC)c([N+](=O)[O-])c2)cc1[N+](=O)[O-]. The molecule has 0 fully saturated rings. The number of hydrogen-bond acceptors (Lipinski definition) is 10. The van der Waals surface area contributed by atoms with Crippen LogP contribution in [0.4, 0.5) is 11.4 Å². The number of carbonyl (C=O) groups excluding carboxylic acids is 2. The van der Waals surface area contributed by atoms with E-state index in [1.165, 1.54) is 63.0 Å². The van der Waals surface area contributed by atoms with Crippen LogP contribution < -0.4 is 20.3 Å². The number of nitro groups is 2. The highest BCUT2D eigenvalue weighted by molar-refractivity contribution is 5.87. The maximum atomic E-state index is 11.8. The first kappa shape index (κ1) is 25.4. The minimum Gasteiger partial charge on any atom is -0.490 e. The normalized spacial score (nSPS) is 10.8. The van der Waals surface area contributed by atoms with Gasteiger partial charge in [0.05, 0.1) is 36.5 Å². The number of methoxy groups -OCH3 is 2. The molecule has 0 radical (unpaired) electrons. The molecule has 2 aromatic rings. The van der Waals surface area contributed by atoms with Gasteiger partial charge in [0.1, 0.15) is 0 Å². The fourth-order valence-corrected chi connectivity index (χ4v) is 2.56. The van der Waals surface area contributed by atoms with Crippen LogP contribution in [-0.4, -0.2) is 48.3 Å². The largest absolute Gasteiger partial charge is 0.490 e. The van der Waals surface area contributed by atoms with Crippen LogP contribution in [-0.2, 0) is 9.59 Å². The number of nitrogens with one attached hydrogen (secondary N) is 2. The van der Waals surface area contributed by atoms with Crippen LogP contribution >= 0.6 is 0 Å². The highest BCUT2D eigenvalue weighted by atomic mass is 16.6. The van der Waals surface area contributed by atoms with E-state index in [0.717, 1.165) is 0 Å². The van der Waals surface area contributed by atoms with Gasteiger partial charge in [-0.15, -0.1) is 0 Å². The summed E-state index contributed by atoms with van der Waals surface area (Å²) in [4.78, 5) is 44.5. The molecule has 14 nitrogen and oxygen atoms in total. The molecule has 0 saturated carbocycles. The lowest BCUT2D eigenvalue weighted by Crippen LogP contribution is -2.22. The smallest absolute Gasteiger partial charge is 0.311 e. The molecule has 0 bridgehead atoms. The first-order valence-electron chi connectivity index (χ1n) is 9.53. The van der Waals surface area contributed by atoms with Gasteiger partial charge in [-0.1, -0.05) is 0 Å². The topological polar surface area (TPSA) is 188 Å². The summed E-state index contributed by atoms with van der Waals surface area (Å²) in [5.41, 5.74) is 4.64. The van der Waals surface area contributed by atoms with Crippen LogP contribution in [0.25, 0.3) is 0 Å². The van der Waals surface area contributed by atoms with E-state index in [1.54, 1.807) is 0 Å². The van der Waals surface area contributed by atoms with Gasteiger partial charge in [-0.25, -0.2) is 10.9 Å². The van der Waals surface area contributed by atoms with E-state index < -0.39 is 21.7 Å². The summed E-state index contributed by atoms with van der Waals surface area (Å²) in [5, 5.41) is 29.4. The van der Waals surface area contributed by atoms with E-state index >= 15 is 0 Å². The van der Waals surface area contributed by atoms with Crippen molar-refractivity contribution >= 4 is 35.6 Å². The van der Waals surface area contributed by atoms with Crippen LogP contribution in [0, 0.1) is 20.2 Å². The van der Waals surface area contributed by atoms with E-state index in [0.29, 0.717) is 11.1 Å². The first-order chi connectivity index (χ1) is 16.2. The fourth-order valence-electron chi connectivity index (χ4n) is 2.56. The first-order valence-corrected chi connectivity index (χ1v) is 9.53. The average Bonchev–Trinajstić information content (AvgIpc) is 2.82. The van der Waals surface area contributed by atoms with Gasteiger partial charge >= 0.3 is 11.4 Å². The predicted molar refractivity (Wildman–Crippen MR) is 120 cm³/mol. The van der Waals surface area contributed by atoms with Crippen molar-refractivity contribution in [3.05, 3.63) is 67.8 Å². The number of hydrogen-bond donors (Lipinski definition) is 2. The third kappa shape index (κ3) is 7.37. The Morgan fingerprint density at radius 2 is 1.21 bits per heavy atom. The Labute approximate surface area is 192 Å². The van der Waals surface area contributed by atoms with Gasteiger partial charge in [0.15, 0.2) is 11.5 Å². The van der Waals surface area contributed by atoms with Gasteiger partial charge in [0.25, 0.3) is 0 Å². The van der Waals surface area contributed by atoms with E-state index in [1.807, 2.05) is 0 Å². The fraction of sp³-hybridized carbons (Fsp3) is 0.200. The lowest BCUT2D eigenvalue weighted by atomic mass is 10.2. The lowest BCUT2D eigenvalue weighted by molar-refractivity contribution is -0.385. The maximum absolute atomic E-state index is 11.8. The van der Waals surface area contributed by atoms with Crippen molar-refractivity contribution < 1.29 is 28.9 Å². The maximum Gasteiger partial charge on any atom is 0.311 e. The summed E-state index contributed by atoms with van der Waals surface area (Å²) >= 11 is 0. The molecule has 2 amide bonds. The summed E-state index contributed by atoms with van der Waals surface area (Å²) in [6.07, 6.45) is 2.02. The molecule has 2 rings (SSSR count). The minimum absolute atomic E-state index is 0.0880. The van der Waals surface area contributed by atoms with Crippen molar-refractivity contribution in [2.45, 2.75) is 12.8 Å². The molecule has 0 spiro atoms. The molecule has 0 heterocycles. The van der Waals surface area contributed by atoms with Crippen LogP contribution in [0.2, 0.25) is 0 Å². The van der Waals surface area contributed by atoms with Crippen molar-refractivity contribution in [2.24, 2.45) is 10.2 Å². The highest BCUT2D eigenvalue weighted by Gasteiger charge is 2.15. The number of nitro benzene ring substituents is 2. The van der Waals surface area contributed by atoms with Gasteiger partial charge in [0.2, 0.25) is 11.8 Å². The van der Waals surface area contributed by atoms with Crippen molar-refractivity contribution in [3.63, 3.8) is 0 Å². The van der Waals surface area contributed by atoms with Crippen LogP contribution in [0.1, 0.15) is 24.0 Å². The quantitative estimate of drug-likeness (QED) is 0.282. The number of rotatable bonds is 11. The predicted octanol–water partition coefficient (Wildman–Crippen LogP) is 1.90. The molecule has 0 aliphatic heterocycles. The zero-order valence-corrected chi connectivity index (χ0v) is 18.1. The van der Waals surface area contributed by atoms with Crippen molar-refractivity contribution in [2.75, 3.05) is 14.2 Å². The number of ether oxygens (including phenoxy) is 2. The molecule has 0 aliphatic carbocycles. The number of nitrogens with zero attached hydrogens (tertiary/aromatic N) is 4. The highest BCUT2D eigenvalue weighted by Crippen LogP contribution is 2.27. The van der Waals surface area contributed by atoms with E-state index in [4.69, 9.17) is 9.47 Å². The number of carbonyl (C=O) groups is 2. The summed E-state index contributed by atoms with van der Waals surface area (Å²) in [6.45, 7) is 0. The Kier molecular flexibility index (Phi) is 9.13. The Morgan fingerprint density at radius 3 is 1.53 bits per heavy atom. The Morgan fingerprint density at radius 1 is 0.824 bits per heavy atom. The summed E-state index contributed by atoms with van der Waals surface area (Å²) in [7, 11) is 2.62. The molecule has 34 heavy (non-hydrogen) atoms. The van der Waals surface area contributed by atoms with Gasteiger partial charge in [-0.3, -0.25) is 29.8 Å². The zero-order chi connectivity index (χ0) is 25.1. The summed E-state index contributed by atoms with van der Waals surface area (Å²) in [5.74, 6) is -0.955. The number of benzene rings is 2. The van der Waals surface area contributed by atoms with Crippen molar-refractivity contribution in [1.29, 1.82) is 0 Å². The van der Waals surface area contributed by atoms with Crippen LogP contribution in [0.15, 0.2) is 46.6 Å². The molecule has 0 aromatic heterocycles. The second-order valence-electron chi connectivity index (χ2n) is 6.46. The number of amides is 2. The Bertz CT molecular complexity index is 1060. The standard InChI is InChI=1S/C20H20N6O8/c1-33-17-5-3-13(9-15(17)25(29)30)11-21-23-19(27)7-8-20(28)24-22-12-14-4-6-18(34-2)16(10-14)26(31)32/h3-6,9-12H,7-8H2,1-2H3,(H,23,27)(H,24,28)/b21-11-,22-12-. The Hall–Kier alpha value is -4.88.